The molecule has 5 N–H and O–H groups in total. The molecule has 0 aliphatic carbocycles. The van der Waals surface area contributed by atoms with Crippen LogP contribution >= 0.6 is 11.6 Å². The molecule has 1 aromatic carbocycles. The summed E-state index contributed by atoms with van der Waals surface area (Å²) in [7, 11) is 0. The van der Waals surface area contributed by atoms with Gasteiger partial charge in [-0.15, -0.1) is 0 Å². The summed E-state index contributed by atoms with van der Waals surface area (Å²) in [6.45, 7) is 0. The normalized spacial score (nSPS) is 10.1. The van der Waals surface area contributed by atoms with Crippen molar-refractivity contribution in [2.75, 3.05) is 16.5 Å². The summed E-state index contributed by atoms with van der Waals surface area (Å²) in [4.78, 5) is 24.4. The zero-order chi connectivity index (χ0) is 17.6. The number of hydrogen-bond donors (Lipinski definition) is 4. The highest BCUT2D eigenvalue weighted by Gasteiger charge is 2.12. The number of hydrogen-bond acceptors (Lipinski definition) is 7. The number of rotatable bonds is 5. The third kappa shape index (κ3) is 3.93. The van der Waals surface area contributed by atoms with Crippen LogP contribution in [0.25, 0.3) is 0 Å². The van der Waals surface area contributed by atoms with E-state index in [-0.39, 0.29) is 11.5 Å². The predicted molar refractivity (Wildman–Crippen MR) is 96.5 cm³/mol. The van der Waals surface area contributed by atoms with Gasteiger partial charge in [0.1, 0.15) is 17.8 Å². The number of halogens is 1. The molecule has 3 aromatic rings. The highest BCUT2D eigenvalue weighted by Crippen LogP contribution is 2.24. The molecule has 0 aliphatic rings. The predicted octanol–water partition coefficient (Wildman–Crippen LogP) is 2.61. The molecule has 3 rings (SSSR count). The van der Waals surface area contributed by atoms with E-state index < -0.39 is 5.91 Å². The molecule has 126 valence electrons. The van der Waals surface area contributed by atoms with Gasteiger partial charge in [0.25, 0.3) is 5.91 Å². The van der Waals surface area contributed by atoms with E-state index >= 15 is 0 Å². The molecule has 0 spiro atoms. The minimum atomic E-state index is -0.414. The fourth-order valence-electron chi connectivity index (χ4n) is 1.98. The summed E-state index contributed by atoms with van der Waals surface area (Å²) >= 11 is 5.99. The van der Waals surface area contributed by atoms with Crippen molar-refractivity contribution in [3.8, 4) is 0 Å². The third-order valence-corrected chi connectivity index (χ3v) is 3.54. The molecule has 9 heteroatoms. The molecule has 0 atom stereocenters. The second-order valence-corrected chi connectivity index (χ2v) is 5.29. The van der Waals surface area contributed by atoms with Gasteiger partial charge in [0.05, 0.1) is 10.6 Å². The van der Waals surface area contributed by atoms with Crippen LogP contribution in [0.5, 0.6) is 0 Å². The molecule has 1 amide bonds. The van der Waals surface area contributed by atoms with Crippen molar-refractivity contribution >= 4 is 40.6 Å². The van der Waals surface area contributed by atoms with Crippen molar-refractivity contribution in [2.45, 2.75) is 0 Å². The Balaban J connectivity index is 1.72. The molecular formula is C16H14ClN7O. The van der Waals surface area contributed by atoms with E-state index in [4.69, 9.17) is 17.3 Å². The number of nitrogens with one attached hydrogen (secondary N) is 3. The first-order valence-corrected chi connectivity index (χ1v) is 7.62. The number of aromatic nitrogens is 3. The summed E-state index contributed by atoms with van der Waals surface area (Å²) in [6, 6.07) is 12.1. The first-order chi connectivity index (χ1) is 12.1. The number of nitrogen functional groups attached to an aromatic ring is 1. The maximum absolute atomic E-state index is 12.2. The lowest BCUT2D eigenvalue weighted by Crippen LogP contribution is -2.30. The Hall–Kier alpha value is -3.39. The number of carbonyl (C=O) groups excluding carboxylic acids is 1. The molecule has 0 aliphatic heterocycles. The van der Waals surface area contributed by atoms with Crippen molar-refractivity contribution in [2.24, 2.45) is 0 Å². The number of hydrazine groups is 1. The highest BCUT2D eigenvalue weighted by molar-refractivity contribution is 6.33. The topological polar surface area (TPSA) is 118 Å². The number of benzene rings is 1. The monoisotopic (exact) mass is 355 g/mol. The molecule has 8 nitrogen and oxygen atoms in total. The van der Waals surface area contributed by atoms with Crippen molar-refractivity contribution < 1.29 is 4.79 Å². The number of carbonyl (C=O) groups is 1. The fraction of sp³-hybridized carbons (Fsp3) is 0. The minimum absolute atomic E-state index is 0.229. The van der Waals surface area contributed by atoms with Crippen LogP contribution in [-0.4, -0.2) is 20.9 Å². The lowest BCUT2D eigenvalue weighted by Gasteiger charge is -2.13. The molecule has 0 bridgehead atoms. The van der Waals surface area contributed by atoms with Crippen LogP contribution in [0.15, 0.2) is 55.0 Å². The van der Waals surface area contributed by atoms with E-state index in [1.807, 2.05) is 6.07 Å². The minimum Gasteiger partial charge on any atom is -0.393 e. The maximum atomic E-state index is 12.2. The molecule has 0 fully saturated rings. The van der Waals surface area contributed by atoms with E-state index in [1.54, 1.807) is 42.6 Å². The van der Waals surface area contributed by atoms with Gasteiger partial charge in [-0.1, -0.05) is 29.8 Å². The van der Waals surface area contributed by atoms with Gasteiger partial charge in [-0.25, -0.2) is 15.0 Å². The van der Waals surface area contributed by atoms with E-state index in [2.05, 4.69) is 31.1 Å². The molecule has 0 radical (unpaired) electrons. The average molecular weight is 356 g/mol. The average Bonchev–Trinajstić information content (AvgIpc) is 2.63. The van der Waals surface area contributed by atoms with Crippen LogP contribution in [-0.2, 0) is 0 Å². The molecular weight excluding hydrogens is 342 g/mol. The van der Waals surface area contributed by atoms with Gasteiger partial charge in [0.2, 0.25) is 0 Å². The SMILES string of the molecule is Nc1c(NNC(=O)c2ccccc2Cl)ncnc1Nc1ccccn1. The fourth-order valence-corrected chi connectivity index (χ4v) is 2.20. The Morgan fingerprint density at radius 3 is 2.52 bits per heavy atom. The zero-order valence-corrected chi connectivity index (χ0v) is 13.7. The standard InChI is InChI=1S/C16H14ClN7O/c17-11-6-2-1-5-10(11)16(25)24-23-15-13(18)14(20-9-21-15)22-12-7-3-4-8-19-12/h1-9H,18H2,(H,24,25)(H2,19,20,21,22,23). The van der Waals surface area contributed by atoms with E-state index in [9.17, 15) is 4.79 Å². The van der Waals surface area contributed by atoms with Gasteiger partial charge in [-0.05, 0) is 24.3 Å². The first-order valence-electron chi connectivity index (χ1n) is 7.24. The van der Waals surface area contributed by atoms with Crippen molar-refractivity contribution in [3.05, 3.63) is 65.6 Å². The van der Waals surface area contributed by atoms with Crippen molar-refractivity contribution in [1.82, 2.24) is 20.4 Å². The molecule has 2 aromatic heterocycles. The van der Waals surface area contributed by atoms with Gasteiger partial charge in [0.15, 0.2) is 11.6 Å². The van der Waals surface area contributed by atoms with Crippen LogP contribution in [0.1, 0.15) is 10.4 Å². The van der Waals surface area contributed by atoms with Gasteiger partial charge in [-0.2, -0.15) is 0 Å². The Kier molecular flexibility index (Phi) is 4.91. The lowest BCUT2D eigenvalue weighted by atomic mass is 10.2. The number of anilines is 4. The Bertz CT molecular complexity index is 889. The Labute approximate surface area is 148 Å². The van der Waals surface area contributed by atoms with Gasteiger partial charge < -0.3 is 11.1 Å². The molecule has 0 unspecified atom stereocenters. The number of pyridine rings is 1. The number of nitrogens with zero attached hydrogens (tertiary/aromatic N) is 3. The Morgan fingerprint density at radius 2 is 1.76 bits per heavy atom. The second-order valence-electron chi connectivity index (χ2n) is 4.88. The molecule has 2 heterocycles. The van der Waals surface area contributed by atoms with Gasteiger partial charge in [0, 0.05) is 6.20 Å². The second kappa shape index (κ2) is 7.45. The summed E-state index contributed by atoms with van der Waals surface area (Å²) in [6.07, 6.45) is 2.95. The zero-order valence-electron chi connectivity index (χ0n) is 12.9. The molecule has 0 saturated carbocycles. The van der Waals surface area contributed by atoms with E-state index in [0.717, 1.165) is 0 Å². The van der Waals surface area contributed by atoms with E-state index in [0.29, 0.717) is 22.2 Å². The van der Waals surface area contributed by atoms with Crippen LogP contribution in [0.3, 0.4) is 0 Å². The summed E-state index contributed by atoms with van der Waals surface area (Å²) in [5, 5.41) is 3.32. The van der Waals surface area contributed by atoms with Crippen molar-refractivity contribution in [1.29, 1.82) is 0 Å². The Morgan fingerprint density at radius 1 is 1.00 bits per heavy atom. The van der Waals surface area contributed by atoms with Gasteiger partial charge >= 0.3 is 0 Å². The van der Waals surface area contributed by atoms with Crippen LogP contribution in [0.2, 0.25) is 5.02 Å². The quantitative estimate of drug-likeness (QED) is 0.519. The summed E-state index contributed by atoms with van der Waals surface area (Å²) in [5.74, 6) is 0.777. The summed E-state index contributed by atoms with van der Waals surface area (Å²) in [5.41, 5.74) is 11.8. The van der Waals surface area contributed by atoms with Crippen LogP contribution in [0, 0.1) is 0 Å². The number of nitrogens with two attached hydrogens (primary N) is 1. The smallest absolute Gasteiger partial charge is 0.271 e. The molecule has 0 saturated heterocycles. The largest absolute Gasteiger partial charge is 0.393 e. The maximum Gasteiger partial charge on any atom is 0.271 e. The third-order valence-electron chi connectivity index (χ3n) is 3.21. The van der Waals surface area contributed by atoms with Crippen LogP contribution < -0.4 is 21.9 Å². The lowest BCUT2D eigenvalue weighted by molar-refractivity contribution is 0.0962. The van der Waals surface area contributed by atoms with Crippen LogP contribution in [0.4, 0.5) is 23.1 Å². The highest BCUT2D eigenvalue weighted by atomic mass is 35.5. The first kappa shape index (κ1) is 16.5. The summed E-state index contributed by atoms with van der Waals surface area (Å²) < 4.78 is 0. The van der Waals surface area contributed by atoms with E-state index in [1.165, 1.54) is 6.33 Å². The van der Waals surface area contributed by atoms with Crippen molar-refractivity contribution in [3.63, 3.8) is 0 Å². The van der Waals surface area contributed by atoms with Gasteiger partial charge in [-0.3, -0.25) is 15.6 Å². The molecule has 25 heavy (non-hydrogen) atoms. The number of amides is 1.